The van der Waals surface area contributed by atoms with Gasteiger partial charge in [-0.25, -0.2) is 75.4 Å². The van der Waals surface area contributed by atoms with Crippen molar-refractivity contribution in [1.82, 2.24) is 50.1 Å². The van der Waals surface area contributed by atoms with Crippen LogP contribution in [-0.2, 0) is 69.2 Å². The van der Waals surface area contributed by atoms with E-state index in [1.165, 1.54) is 125 Å². The summed E-state index contributed by atoms with van der Waals surface area (Å²) in [6.45, 7) is 19.1. The Morgan fingerprint density at radius 3 is 1.04 bits per heavy atom. The Morgan fingerprint density at radius 1 is 0.463 bits per heavy atom. The topological polar surface area (TPSA) is 398 Å². The van der Waals surface area contributed by atoms with Crippen LogP contribution < -0.4 is 39.3 Å². The van der Waals surface area contributed by atoms with Gasteiger partial charge in [0.1, 0.15) is 50.5 Å². The number of benzene rings is 2. The fourth-order valence-electron chi connectivity index (χ4n) is 8.41. The molecule has 0 saturated carbocycles. The molecule has 4 heterocycles. The van der Waals surface area contributed by atoms with Crippen molar-refractivity contribution in [2.45, 2.75) is 157 Å². The smallest absolute Gasteiger partial charge is 0.421 e. The third-order valence-electron chi connectivity index (χ3n) is 13.1. The number of alkyl halides is 6. The second kappa shape index (κ2) is 35.5. The van der Waals surface area contributed by atoms with E-state index in [0.29, 0.717) is 27.1 Å². The second-order valence-electron chi connectivity index (χ2n) is 27.7. The highest BCUT2D eigenvalue weighted by molar-refractivity contribution is 7.92. The molecule has 0 atom stereocenters. The largest absolute Gasteiger partial charge is 0.443 e. The lowest BCUT2D eigenvalue weighted by molar-refractivity contribution is -0.138. The summed E-state index contributed by atoms with van der Waals surface area (Å²) in [5.41, 5.74) is -4.69. The molecule has 33 nitrogen and oxygen atoms in total. The fourth-order valence-corrected chi connectivity index (χ4v) is 9.34. The summed E-state index contributed by atoms with van der Waals surface area (Å²) in [6, 6.07) is 10.3. The summed E-state index contributed by atoms with van der Waals surface area (Å²) in [7, 11) is -3.00. The highest BCUT2D eigenvalue weighted by atomic mass is 35.5. The first-order valence-electron chi connectivity index (χ1n) is 33.0. The van der Waals surface area contributed by atoms with Crippen LogP contribution >= 0.6 is 12.4 Å². The molecule has 4 aromatic heterocycles. The Balaban J connectivity index is 0.000000541. The predicted molar refractivity (Wildman–Crippen MR) is 388 cm³/mol. The number of carbonyl (C=O) groups is 7. The second-order valence-corrected chi connectivity index (χ2v) is 31.7. The number of rotatable bonds is 16. The molecule has 0 unspecified atom stereocenters. The molecule has 6 aromatic rings. The van der Waals surface area contributed by atoms with E-state index < -0.39 is 157 Å². The molecule has 7 amide bonds. The van der Waals surface area contributed by atoms with Crippen LogP contribution in [0, 0.1) is 0 Å². The molecule has 0 radical (unpaired) electrons. The van der Waals surface area contributed by atoms with Gasteiger partial charge in [-0.15, -0.1) is 12.4 Å². The zero-order valence-corrected chi connectivity index (χ0v) is 65.3. The third-order valence-corrected chi connectivity index (χ3v) is 15.4. The van der Waals surface area contributed by atoms with Crippen LogP contribution in [0.15, 0.2) is 85.7 Å². The standard InChI is InChI=1S/C35H45F3N8O9S.C30H37F3N8O7S.CH5N.ClH/c1-32(2,3)53-29(48)43(10)27(47)21-13-15-22(16-14-21)46(31(50)55-34(7,8)9)28-41-19-23(35(36,37)38)25(42-28)45(30(49)54-33(4,5)6)20-24-26(40-18-17-39-24)44(11)56(12,51)52;1-28(2,3)47-26(43)40(17-21-23(36-15-14-35-21)39(8)49(9,45)46)22-20(30(31,32)33)16-37-25(38-22)41(27(44)48-29(4,5)6)19-12-10-18(11-13-19)24(42)34-7;1-2;/h13-19H,20H2,1-12H3;10-16H,17H2,1-9H3,(H,34,42);2H2,1H3;1H/i;;1D3;. The average molecular weight is 1590 g/mol. The quantitative estimate of drug-likeness (QED) is 0.0671. The zero-order valence-electron chi connectivity index (χ0n) is 65.8. The van der Waals surface area contributed by atoms with Gasteiger partial charge < -0.3 is 34.7 Å². The lowest BCUT2D eigenvalue weighted by Gasteiger charge is -2.30. The summed E-state index contributed by atoms with van der Waals surface area (Å²) in [5.74, 6) is -5.33. The van der Waals surface area contributed by atoms with Gasteiger partial charge in [0, 0.05) is 80.6 Å². The Morgan fingerprint density at radius 2 is 0.750 bits per heavy atom. The number of nitrogens with one attached hydrogen (secondary N) is 1. The van der Waals surface area contributed by atoms with Gasteiger partial charge in [-0.2, -0.15) is 36.3 Å². The first kappa shape index (κ1) is 86.5. The van der Waals surface area contributed by atoms with Crippen LogP contribution in [0.3, 0.4) is 0 Å². The molecule has 0 aliphatic rings. The number of nitrogens with zero attached hydrogens (tertiary/aromatic N) is 15. The van der Waals surface area contributed by atoms with Crippen molar-refractivity contribution in [2.24, 2.45) is 5.73 Å². The van der Waals surface area contributed by atoms with Crippen molar-refractivity contribution in [3.63, 3.8) is 0 Å². The molecule has 0 fully saturated rings. The number of sulfonamides is 2. The molecule has 0 bridgehead atoms. The van der Waals surface area contributed by atoms with Gasteiger partial charge in [0.25, 0.3) is 11.8 Å². The van der Waals surface area contributed by atoms with Crippen molar-refractivity contribution in [1.29, 1.82) is 0 Å². The highest BCUT2D eigenvalue weighted by Gasteiger charge is 2.44. The monoisotopic (exact) mass is 1590 g/mol. The number of halogens is 7. The number of aromatic nitrogens is 8. The van der Waals surface area contributed by atoms with E-state index in [4.69, 9.17) is 27.8 Å². The van der Waals surface area contributed by atoms with E-state index in [9.17, 15) is 76.7 Å². The van der Waals surface area contributed by atoms with E-state index in [-0.39, 0.29) is 57.9 Å². The van der Waals surface area contributed by atoms with Crippen LogP contribution in [-0.4, -0.2) is 180 Å². The van der Waals surface area contributed by atoms with E-state index in [2.05, 4.69) is 50.9 Å². The van der Waals surface area contributed by atoms with Crippen molar-refractivity contribution in [3.8, 4) is 0 Å². The summed E-state index contributed by atoms with van der Waals surface area (Å²) >= 11 is 0. The number of nitrogens with two attached hydrogens (primary N) is 1. The van der Waals surface area contributed by atoms with Gasteiger partial charge in [0.15, 0.2) is 23.3 Å². The van der Waals surface area contributed by atoms with E-state index in [1.54, 1.807) is 41.5 Å². The molecular weight excluding hydrogens is 1500 g/mol. The molecule has 2 aromatic carbocycles. The number of anilines is 8. The Hall–Kier alpha value is -10.4. The molecule has 0 aliphatic heterocycles. The van der Waals surface area contributed by atoms with Gasteiger partial charge in [-0.1, -0.05) is 0 Å². The van der Waals surface area contributed by atoms with Crippen LogP contribution in [0.5, 0.6) is 0 Å². The number of ether oxygens (including phenoxy) is 5. The molecule has 594 valence electrons. The van der Waals surface area contributed by atoms with Gasteiger partial charge in [0.2, 0.25) is 31.9 Å². The highest BCUT2D eigenvalue weighted by Crippen LogP contribution is 2.41. The van der Waals surface area contributed by atoms with Crippen molar-refractivity contribution in [3.05, 3.63) is 119 Å². The third kappa shape index (κ3) is 26.2. The summed E-state index contributed by atoms with van der Waals surface area (Å²) in [6.07, 6.45) is -9.12. The maximum atomic E-state index is 14.7. The maximum absolute atomic E-state index is 14.7. The first-order chi connectivity index (χ1) is 49.8. The predicted octanol–water partition coefficient (Wildman–Crippen LogP) is 11.8. The number of hydrogen-bond acceptors (Lipinski definition) is 25. The molecule has 0 spiro atoms. The minimum absolute atomic E-state index is 0. The number of carbonyl (C=O) groups excluding carboxylic acids is 7. The van der Waals surface area contributed by atoms with Crippen LogP contribution in [0.1, 0.15) is 151 Å². The Labute approximate surface area is 631 Å². The lowest BCUT2D eigenvalue weighted by Crippen LogP contribution is -2.40. The van der Waals surface area contributed by atoms with Crippen LogP contribution in [0.2, 0.25) is 0 Å². The minimum atomic E-state index is -5.19. The van der Waals surface area contributed by atoms with E-state index in [1.807, 2.05) is 0 Å². The van der Waals surface area contributed by atoms with Crippen molar-refractivity contribution in [2.75, 3.05) is 75.9 Å². The number of hydrogen-bond donors (Lipinski definition) is 2. The van der Waals surface area contributed by atoms with Crippen molar-refractivity contribution >= 4 is 121 Å². The molecule has 108 heavy (non-hydrogen) atoms. The first-order valence-corrected chi connectivity index (χ1v) is 35.2. The van der Waals surface area contributed by atoms with Gasteiger partial charge >= 0.3 is 42.8 Å². The Bertz CT molecular complexity index is 4560. The molecule has 0 saturated heterocycles. The van der Waals surface area contributed by atoms with Gasteiger partial charge in [-0.3, -0.25) is 38.0 Å². The lowest BCUT2D eigenvalue weighted by atomic mass is 10.1. The van der Waals surface area contributed by atoms with Gasteiger partial charge in [0.05, 0.1) is 37.0 Å². The summed E-state index contributed by atoms with van der Waals surface area (Å²) < 4.78 is 184. The summed E-state index contributed by atoms with van der Waals surface area (Å²) in [4.78, 5) is 128. The molecule has 42 heteroatoms. The number of amides is 7. The molecular formula is C66H88ClF6N17O16S2. The molecule has 0 aliphatic carbocycles. The zero-order chi connectivity index (χ0) is 84.4. The maximum Gasteiger partial charge on any atom is 0.421 e. The SMILES string of the molecule is CN(C(=O)OC(C)(C)C)C(=O)c1ccc(N(C(=O)OC(C)(C)C)c2ncc(C(F)(F)F)c(N(Cc3nccnc3N(C)S(C)(=O)=O)C(=O)OC(C)(C)C)n2)cc1.CNC(=O)c1ccc(N(C(=O)OC(C)(C)C)c2ncc(C(F)(F)F)c(N(Cc3nccnc3N(C)S(C)(=O)=O)C(=O)OC(C)(C)C)n2)cc1.Cl.[2H]C([2H])([2H])N. The van der Waals surface area contributed by atoms with Crippen LogP contribution in [0.25, 0.3) is 0 Å². The Kier molecular flexibility index (Phi) is 28.5. The molecule has 6 rings (SSSR count). The average Bonchev–Trinajstić information content (AvgIpc) is 0.769. The van der Waals surface area contributed by atoms with Gasteiger partial charge in [-0.05, 0) is 159 Å². The number of imide groups is 1. The minimum Gasteiger partial charge on any atom is -0.443 e. The summed E-state index contributed by atoms with van der Waals surface area (Å²) in [5, 5.41) is 2.45. The van der Waals surface area contributed by atoms with E-state index in [0.717, 1.165) is 69.8 Å². The van der Waals surface area contributed by atoms with E-state index >= 15 is 0 Å². The van der Waals surface area contributed by atoms with Crippen LogP contribution in [0.4, 0.5) is 96.9 Å². The fraction of sp³-hybridized carbons (Fsp3) is 0.470. The van der Waals surface area contributed by atoms with Crippen molar-refractivity contribution < 1.29 is 105 Å². The molecule has 3 N–H and O–H groups in total. The normalized spacial score (nSPS) is 12.5.